The fourth-order valence-electron chi connectivity index (χ4n) is 1.90. The lowest BCUT2D eigenvalue weighted by Crippen LogP contribution is -2.25. The molecule has 0 aliphatic carbocycles. The Balaban J connectivity index is 1.59. The molecule has 1 amide bonds. The third kappa shape index (κ3) is 5.24. The van der Waals surface area contributed by atoms with E-state index in [0.29, 0.717) is 13.0 Å². The zero-order valence-corrected chi connectivity index (χ0v) is 11.4. The summed E-state index contributed by atoms with van der Waals surface area (Å²) in [5, 5.41) is 0. The van der Waals surface area contributed by atoms with Crippen LogP contribution in [0.4, 0.5) is 0 Å². The van der Waals surface area contributed by atoms with Crippen molar-refractivity contribution in [2.75, 3.05) is 6.61 Å². The summed E-state index contributed by atoms with van der Waals surface area (Å²) in [6.45, 7) is 0.487. The van der Waals surface area contributed by atoms with Crippen LogP contribution in [0.5, 0.6) is 0 Å². The molecule has 0 bridgehead atoms. The zero-order valence-electron chi connectivity index (χ0n) is 11.4. The molecule has 0 saturated heterocycles. The van der Waals surface area contributed by atoms with Crippen LogP contribution in [-0.4, -0.2) is 12.5 Å². The Morgan fingerprint density at radius 1 is 0.850 bits per heavy atom. The quantitative estimate of drug-likeness (QED) is 0.620. The normalized spacial score (nSPS) is 10.2. The van der Waals surface area contributed by atoms with Crippen molar-refractivity contribution in [3.63, 3.8) is 0 Å². The lowest BCUT2D eigenvalue weighted by atomic mass is 10.1. The molecule has 0 radical (unpaired) electrons. The van der Waals surface area contributed by atoms with E-state index in [1.54, 1.807) is 0 Å². The number of aryl methyl sites for hydroxylation is 1. The second-order valence-electron chi connectivity index (χ2n) is 4.59. The van der Waals surface area contributed by atoms with Gasteiger partial charge in [0.25, 0.3) is 0 Å². The molecule has 0 atom stereocenters. The largest absolute Gasteiger partial charge is 0.273 e. The van der Waals surface area contributed by atoms with Crippen LogP contribution in [0.25, 0.3) is 0 Å². The van der Waals surface area contributed by atoms with Crippen molar-refractivity contribution in [1.29, 1.82) is 0 Å². The average molecular weight is 269 g/mol. The summed E-state index contributed by atoms with van der Waals surface area (Å²) in [6, 6.07) is 20.0. The number of hydrogen-bond acceptors (Lipinski definition) is 2. The van der Waals surface area contributed by atoms with E-state index in [2.05, 4.69) is 5.48 Å². The summed E-state index contributed by atoms with van der Waals surface area (Å²) in [6.07, 6.45) is 1.96. The molecule has 104 valence electrons. The van der Waals surface area contributed by atoms with Crippen molar-refractivity contribution in [3.05, 3.63) is 71.8 Å². The first-order valence-electron chi connectivity index (χ1n) is 6.83. The smallest absolute Gasteiger partial charge is 0.243 e. The Bertz CT molecular complexity index is 511. The Morgan fingerprint density at radius 3 is 2.00 bits per heavy atom. The predicted octanol–water partition coefficient (Wildman–Crippen LogP) is 2.91. The number of nitrogens with one attached hydrogen (secondary N) is 1. The minimum absolute atomic E-state index is 0.0816. The molecule has 0 heterocycles. The fourth-order valence-corrected chi connectivity index (χ4v) is 1.90. The number of amides is 1. The van der Waals surface area contributed by atoms with Crippen molar-refractivity contribution in [3.8, 4) is 0 Å². The SMILES string of the molecule is O=C(CCc1ccccc1)NOCCc1ccccc1. The Labute approximate surface area is 119 Å². The summed E-state index contributed by atoms with van der Waals surface area (Å²) in [5.41, 5.74) is 4.84. The van der Waals surface area contributed by atoms with Crippen molar-refractivity contribution in [2.24, 2.45) is 0 Å². The van der Waals surface area contributed by atoms with Gasteiger partial charge in [0.1, 0.15) is 0 Å². The molecule has 2 aromatic carbocycles. The van der Waals surface area contributed by atoms with Crippen molar-refractivity contribution < 1.29 is 9.63 Å². The van der Waals surface area contributed by atoms with Crippen LogP contribution in [0.1, 0.15) is 17.5 Å². The van der Waals surface area contributed by atoms with Gasteiger partial charge in [-0.25, -0.2) is 5.48 Å². The van der Waals surface area contributed by atoms with Gasteiger partial charge in [0.05, 0.1) is 6.61 Å². The van der Waals surface area contributed by atoms with Gasteiger partial charge in [-0.05, 0) is 24.0 Å². The first-order valence-corrected chi connectivity index (χ1v) is 6.83. The Morgan fingerprint density at radius 2 is 1.40 bits per heavy atom. The first-order chi connectivity index (χ1) is 9.84. The van der Waals surface area contributed by atoms with E-state index < -0.39 is 0 Å². The van der Waals surface area contributed by atoms with Crippen LogP contribution < -0.4 is 5.48 Å². The zero-order chi connectivity index (χ0) is 14.0. The fraction of sp³-hybridized carbons (Fsp3) is 0.235. The maximum atomic E-state index is 11.6. The molecule has 2 aromatic rings. The van der Waals surface area contributed by atoms with E-state index in [-0.39, 0.29) is 5.91 Å². The lowest BCUT2D eigenvalue weighted by Gasteiger charge is -2.06. The lowest BCUT2D eigenvalue weighted by molar-refractivity contribution is -0.133. The summed E-state index contributed by atoms with van der Waals surface area (Å²) in [5.74, 6) is -0.0816. The minimum Gasteiger partial charge on any atom is -0.273 e. The number of rotatable bonds is 7. The summed E-state index contributed by atoms with van der Waals surface area (Å²) in [4.78, 5) is 16.8. The van der Waals surface area contributed by atoms with Gasteiger partial charge in [0, 0.05) is 6.42 Å². The van der Waals surface area contributed by atoms with Crippen LogP contribution >= 0.6 is 0 Å². The number of carbonyl (C=O) groups excluding carboxylic acids is 1. The highest BCUT2D eigenvalue weighted by Gasteiger charge is 2.02. The second kappa shape index (κ2) is 8.12. The van der Waals surface area contributed by atoms with Gasteiger partial charge in [-0.1, -0.05) is 60.7 Å². The maximum Gasteiger partial charge on any atom is 0.243 e. The predicted molar refractivity (Wildman–Crippen MR) is 79.0 cm³/mol. The van der Waals surface area contributed by atoms with Gasteiger partial charge in [-0.2, -0.15) is 0 Å². The molecule has 1 N–H and O–H groups in total. The van der Waals surface area contributed by atoms with Crippen LogP contribution in [0, 0.1) is 0 Å². The number of benzene rings is 2. The molecular formula is C17H19NO2. The summed E-state index contributed by atoms with van der Waals surface area (Å²) in [7, 11) is 0. The molecule has 0 saturated carbocycles. The molecular weight excluding hydrogens is 250 g/mol. The van der Waals surface area contributed by atoms with Crippen molar-refractivity contribution in [1.82, 2.24) is 5.48 Å². The van der Waals surface area contributed by atoms with E-state index in [0.717, 1.165) is 18.4 Å². The Kier molecular flexibility index (Phi) is 5.80. The molecule has 0 aliphatic heterocycles. The molecule has 3 nitrogen and oxygen atoms in total. The molecule has 0 aromatic heterocycles. The molecule has 20 heavy (non-hydrogen) atoms. The molecule has 2 rings (SSSR count). The van der Waals surface area contributed by atoms with E-state index >= 15 is 0 Å². The average Bonchev–Trinajstić information content (AvgIpc) is 2.52. The number of carbonyl (C=O) groups is 1. The van der Waals surface area contributed by atoms with E-state index in [9.17, 15) is 4.79 Å². The van der Waals surface area contributed by atoms with Gasteiger partial charge < -0.3 is 0 Å². The minimum atomic E-state index is -0.0816. The highest BCUT2D eigenvalue weighted by atomic mass is 16.6. The van der Waals surface area contributed by atoms with Crippen LogP contribution in [-0.2, 0) is 22.5 Å². The second-order valence-corrected chi connectivity index (χ2v) is 4.59. The molecule has 3 heteroatoms. The highest BCUT2D eigenvalue weighted by molar-refractivity contribution is 5.75. The van der Waals surface area contributed by atoms with Crippen LogP contribution in [0.3, 0.4) is 0 Å². The maximum absolute atomic E-state index is 11.6. The number of hydrogen-bond donors (Lipinski definition) is 1. The molecule has 0 unspecified atom stereocenters. The topological polar surface area (TPSA) is 38.3 Å². The standard InChI is InChI=1S/C17H19NO2/c19-17(12-11-15-7-3-1-4-8-15)18-20-14-13-16-9-5-2-6-10-16/h1-10H,11-14H2,(H,18,19). The monoisotopic (exact) mass is 269 g/mol. The van der Waals surface area contributed by atoms with Gasteiger partial charge in [-0.15, -0.1) is 0 Å². The summed E-state index contributed by atoms with van der Waals surface area (Å²) < 4.78 is 0. The van der Waals surface area contributed by atoms with E-state index in [1.165, 1.54) is 5.56 Å². The molecule has 0 aliphatic rings. The van der Waals surface area contributed by atoms with E-state index in [1.807, 2.05) is 60.7 Å². The Hall–Kier alpha value is -2.13. The van der Waals surface area contributed by atoms with Crippen molar-refractivity contribution >= 4 is 5.91 Å². The number of hydroxylamine groups is 1. The molecule has 0 spiro atoms. The third-order valence-corrected chi connectivity index (χ3v) is 3.01. The highest BCUT2D eigenvalue weighted by Crippen LogP contribution is 2.02. The van der Waals surface area contributed by atoms with Crippen LogP contribution in [0.2, 0.25) is 0 Å². The molecule has 0 fully saturated rings. The van der Waals surface area contributed by atoms with Gasteiger partial charge in [0.2, 0.25) is 5.91 Å². The van der Waals surface area contributed by atoms with Crippen LogP contribution in [0.15, 0.2) is 60.7 Å². The summed E-state index contributed by atoms with van der Waals surface area (Å²) >= 11 is 0. The van der Waals surface area contributed by atoms with Gasteiger partial charge in [-0.3, -0.25) is 9.63 Å². The van der Waals surface area contributed by atoms with Gasteiger partial charge >= 0.3 is 0 Å². The van der Waals surface area contributed by atoms with Gasteiger partial charge in [0.15, 0.2) is 0 Å². The van der Waals surface area contributed by atoms with Crippen molar-refractivity contribution in [2.45, 2.75) is 19.3 Å². The first kappa shape index (κ1) is 14.3. The van der Waals surface area contributed by atoms with E-state index in [4.69, 9.17) is 4.84 Å². The third-order valence-electron chi connectivity index (χ3n) is 3.01.